The van der Waals surface area contributed by atoms with Crippen molar-refractivity contribution in [3.63, 3.8) is 0 Å². The summed E-state index contributed by atoms with van der Waals surface area (Å²) in [5, 5.41) is -0.229. The van der Waals surface area contributed by atoms with Crippen molar-refractivity contribution in [2.45, 2.75) is 6.42 Å². The number of carbonyl (C=O) groups excluding carboxylic acids is 1. The quantitative estimate of drug-likeness (QED) is 0.673. The van der Waals surface area contributed by atoms with Crippen LogP contribution < -0.4 is 5.30 Å². The maximum Gasteiger partial charge on any atom is 0.230 e. The van der Waals surface area contributed by atoms with Gasteiger partial charge in [0, 0.05) is 17.9 Å². The predicted molar refractivity (Wildman–Crippen MR) is 63.5 cm³/mol. The molecule has 0 bridgehead atoms. The Morgan fingerprint density at radius 3 is 2.33 bits per heavy atom. The molecule has 1 aromatic rings. The fourth-order valence-electron chi connectivity index (χ4n) is 1.03. The van der Waals surface area contributed by atoms with Gasteiger partial charge in [0.25, 0.3) is 0 Å². The monoisotopic (exact) mass is 268 g/mol. The molecule has 0 aliphatic carbocycles. The van der Waals surface area contributed by atoms with Gasteiger partial charge in [0.2, 0.25) is 12.6 Å². The van der Waals surface area contributed by atoms with Gasteiger partial charge in [-0.15, -0.1) is 12.4 Å². The third kappa shape index (κ3) is 4.80. The van der Waals surface area contributed by atoms with Crippen LogP contribution in [-0.2, 0) is 9.36 Å². The highest BCUT2D eigenvalue weighted by Crippen LogP contribution is 2.39. The first-order valence-corrected chi connectivity index (χ1v) is 6.30. The molecule has 0 saturated heterocycles. The molecule has 0 heterocycles. The van der Waals surface area contributed by atoms with Gasteiger partial charge in [-0.3, -0.25) is 9.36 Å². The van der Waals surface area contributed by atoms with E-state index in [9.17, 15) is 14.3 Å². The van der Waals surface area contributed by atoms with Gasteiger partial charge in [-0.25, -0.2) is 0 Å². The molecule has 84 valence electrons. The predicted octanol–water partition coefficient (Wildman–Crippen LogP) is 2.16. The van der Waals surface area contributed by atoms with Crippen LogP contribution in [0.2, 0.25) is 0 Å². The van der Waals surface area contributed by atoms with Crippen molar-refractivity contribution in [3.8, 4) is 0 Å². The van der Waals surface area contributed by atoms with Gasteiger partial charge < -0.3 is 4.89 Å². The van der Waals surface area contributed by atoms with Crippen LogP contribution in [0.1, 0.15) is 6.42 Å². The SMILES string of the molecule is Cl.O=C(Cl)CCP(=O)(O)c1ccccc1. The van der Waals surface area contributed by atoms with E-state index in [1.165, 1.54) is 0 Å². The molecule has 0 aromatic heterocycles. The molecule has 6 heteroatoms. The summed E-state index contributed by atoms with van der Waals surface area (Å²) in [5.74, 6) is 0. The molecule has 3 nitrogen and oxygen atoms in total. The first-order chi connectivity index (χ1) is 6.52. The normalized spacial score (nSPS) is 13.7. The van der Waals surface area contributed by atoms with E-state index in [-0.39, 0.29) is 25.0 Å². The van der Waals surface area contributed by atoms with E-state index in [4.69, 9.17) is 11.6 Å². The second-order valence-corrected chi connectivity index (χ2v) is 5.65. The number of halogens is 2. The van der Waals surface area contributed by atoms with Gasteiger partial charge in [0.05, 0.1) is 0 Å². The van der Waals surface area contributed by atoms with Crippen LogP contribution in [0.5, 0.6) is 0 Å². The molecule has 0 radical (unpaired) electrons. The minimum absolute atomic E-state index is 0. The largest absolute Gasteiger partial charge is 0.341 e. The summed E-state index contributed by atoms with van der Waals surface area (Å²) in [6, 6.07) is 8.26. The summed E-state index contributed by atoms with van der Waals surface area (Å²) < 4.78 is 11.7. The minimum atomic E-state index is -3.40. The summed E-state index contributed by atoms with van der Waals surface area (Å²) in [4.78, 5) is 20.0. The van der Waals surface area contributed by atoms with Crippen LogP contribution in [0.15, 0.2) is 30.3 Å². The molecule has 1 atom stereocenters. The molecule has 0 spiro atoms. The van der Waals surface area contributed by atoms with Crippen molar-refractivity contribution in [1.29, 1.82) is 0 Å². The van der Waals surface area contributed by atoms with Gasteiger partial charge in [-0.1, -0.05) is 18.2 Å². The molecule has 0 aliphatic rings. The van der Waals surface area contributed by atoms with Crippen molar-refractivity contribution in [3.05, 3.63) is 30.3 Å². The fraction of sp³-hybridized carbons (Fsp3) is 0.222. The Bertz CT molecular complexity index is 367. The smallest absolute Gasteiger partial charge is 0.230 e. The maximum atomic E-state index is 11.7. The lowest BCUT2D eigenvalue weighted by molar-refractivity contribution is -0.111. The molecule has 0 amide bonds. The molecular formula is C9H11Cl2O3P. The minimum Gasteiger partial charge on any atom is -0.341 e. The molecular weight excluding hydrogens is 258 g/mol. The summed E-state index contributed by atoms with van der Waals surface area (Å²) in [7, 11) is -3.40. The number of carbonyl (C=O) groups is 1. The summed E-state index contributed by atoms with van der Waals surface area (Å²) in [5.41, 5.74) is 0. The first-order valence-electron chi connectivity index (χ1n) is 4.08. The topological polar surface area (TPSA) is 54.4 Å². The highest BCUT2D eigenvalue weighted by molar-refractivity contribution is 7.66. The van der Waals surface area contributed by atoms with Crippen LogP contribution in [0.3, 0.4) is 0 Å². The van der Waals surface area contributed by atoms with Crippen LogP contribution in [0, 0.1) is 0 Å². The number of benzene rings is 1. The van der Waals surface area contributed by atoms with E-state index >= 15 is 0 Å². The highest BCUT2D eigenvalue weighted by Gasteiger charge is 2.21. The van der Waals surface area contributed by atoms with Gasteiger partial charge >= 0.3 is 0 Å². The molecule has 15 heavy (non-hydrogen) atoms. The van der Waals surface area contributed by atoms with Crippen molar-refractivity contribution in [2.75, 3.05) is 6.16 Å². The zero-order valence-electron chi connectivity index (χ0n) is 7.80. The van der Waals surface area contributed by atoms with E-state index in [1.807, 2.05) is 0 Å². The molecule has 1 unspecified atom stereocenters. The van der Waals surface area contributed by atoms with Crippen molar-refractivity contribution in [2.24, 2.45) is 0 Å². The second-order valence-electron chi connectivity index (χ2n) is 2.87. The zero-order valence-corrected chi connectivity index (χ0v) is 10.3. The summed E-state index contributed by atoms with van der Waals surface area (Å²) in [6.07, 6.45) is -0.177. The summed E-state index contributed by atoms with van der Waals surface area (Å²) >= 11 is 5.10. The summed E-state index contributed by atoms with van der Waals surface area (Å²) in [6.45, 7) is 0. The molecule has 1 N–H and O–H groups in total. The Morgan fingerprint density at radius 1 is 1.33 bits per heavy atom. The fourth-order valence-corrected chi connectivity index (χ4v) is 2.66. The lowest BCUT2D eigenvalue weighted by Gasteiger charge is -2.09. The average Bonchev–Trinajstić information content (AvgIpc) is 2.16. The first kappa shape index (κ1) is 14.7. The number of rotatable bonds is 4. The Kier molecular flexibility index (Phi) is 6.15. The lowest BCUT2D eigenvalue weighted by Crippen LogP contribution is -2.07. The van der Waals surface area contributed by atoms with Gasteiger partial charge in [-0.2, -0.15) is 0 Å². The lowest BCUT2D eigenvalue weighted by atomic mass is 10.4. The Hall–Kier alpha value is -0.340. The zero-order chi connectivity index (χ0) is 10.6. The van der Waals surface area contributed by atoms with E-state index in [0.29, 0.717) is 5.30 Å². The third-order valence-corrected chi connectivity index (χ3v) is 3.89. The van der Waals surface area contributed by atoms with Gasteiger partial charge in [0.15, 0.2) is 0 Å². The van der Waals surface area contributed by atoms with Crippen LogP contribution in [0.4, 0.5) is 0 Å². The third-order valence-electron chi connectivity index (χ3n) is 1.77. The Labute approximate surface area is 99.3 Å². The van der Waals surface area contributed by atoms with Crippen molar-refractivity contribution in [1.82, 2.24) is 0 Å². The number of hydrogen-bond donors (Lipinski definition) is 1. The van der Waals surface area contributed by atoms with Crippen molar-refractivity contribution < 1.29 is 14.3 Å². The standard InChI is InChI=1S/C9H10ClO3P.ClH/c10-9(11)6-7-14(12,13)8-4-2-1-3-5-8;/h1-5H,6-7H2,(H,12,13);1H. The Balaban J connectivity index is 0.00000196. The van der Waals surface area contributed by atoms with Gasteiger partial charge in [-0.05, 0) is 23.7 Å². The van der Waals surface area contributed by atoms with Crippen LogP contribution in [0.25, 0.3) is 0 Å². The molecule has 0 aliphatic heterocycles. The molecule has 0 saturated carbocycles. The van der Waals surface area contributed by atoms with Gasteiger partial charge in [0.1, 0.15) is 0 Å². The second kappa shape index (κ2) is 6.29. The number of hydrogen-bond acceptors (Lipinski definition) is 2. The van der Waals surface area contributed by atoms with Crippen LogP contribution in [-0.4, -0.2) is 16.3 Å². The maximum absolute atomic E-state index is 11.7. The van der Waals surface area contributed by atoms with E-state index in [0.717, 1.165) is 0 Å². The highest BCUT2D eigenvalue weighted by atomic mass is 35.5. The van der Waals surface area contributed by atoms with E-state index < -0.39 is 12.6 Å². The Morgan fingerprint density at radius 2 is 1.87 bits per heavy atom. The average molecular weight is 269 g/mol. The van der Waals surface area contributed by atoms with E-state index in [1.54, 1.807) is 30.3 Å². The van der Waals surface area contributed by atoms with Crippen molar-refractivity contribution >= 4 is 41.9 Å². The molecule has 1 aromatic carbocycles. The molecule has 1 rings (SSSR count). The molecule has 0 fully saturated rings. The van der Waals surface area contributed by atoms with E-state index in [2.05, 4.69) is 0 Å². The van der Waals surface area contributed by atoms with Crippen LogP contribution >= 0.6 is 31.4 Å².